The summed E-state index contributed by atoms with van der Waals surface area (Å²) >= 11 is 0. The number of ether oxygens (including phenoxy) is 3. The molecular formula is C24H24F4N4O5. The molecule has 1 amide bonds. The van der Waals surface area contributed by atoms with Crippen LogP contribution in [0.2, 0.25) is 0 Å². The fraction of sp³-hybridized carbons (Fsp3) is 0.375. The van der Waals surface area contributed by atoms with Crippen molar-refractivity contribution in [1.29, 1.82) is 0 Å². The molecule has 0 spiro atoms. The average Bonchev–Trinajstić information content (AvgIpc) is 3.20. The summed E-state index contributed by atoms with van der Waals surface area (Å²) in [5.74, 6) is -1.74. The highest BCUT2D eigenvalue weighted by Crippen LogP contribution is 2.36. The Balaban J connectivity index is 1.79. The molecule has 1 aliphatic heterocycles. The van der Waals surface area contributed by atoms with Gasteiger partial charge in [0.05, 0.1) is 25.5 Å². The molecule has 0 unspecified atom stereocenters. The summed E-state index contributed by atoms with van der Waals surface area (Å²) in [6, 6.07) is 6.18. The Hall–Kier alpha value is -4.03. The maximum absolute atomic E-state index is 15.3. The Morgan fingerprint density at radius 1 is 1.14 bits per heavy atom. The van der Waals surface area contributed by atoms with Crippen molar-refractivity contribution in [2.75, 3.05) is 19.5 Å². The van der Waals surface area contributed by atoms with E-state index in [9.17, 15) is 22.8 Å². The number of hydrogen-bond donors (Lipinski definition) is 1. The zero-order valence-electron chi connectivity index (χ0n) is 20.2. The molecule has 0 aliphatic carbocycles. The van der Waals surface area contributed by atoms with Crippen LogP contribution in [0, 0.1) is 5.82 Å². The highest BCUT2D eigenvalue weighted by atomic mass is 19.4. The number of aryl methyl sites for hydroxylation is 1. The van der Waals surface area contributed by atoms with E-state index in [1.807, 2.05) is 0 Å². The Kier molecular flexibility index (Phi) is 7.14. The van der Waals surface area contributed by atoms with Crippen molar-refractivity contribution in [3.63, 3.8) is 0 Å². The first-order valence-corrected chi connectivity index (χ1v) is 11.3. The van der Waals surface area contributed by atoms with E-state index in [1.54, 1.807) is 12.1 Å². The number of amides is 1. The number of aromatic nitrogens is 3. The lowest BCUT2D eigenvalue weighted by Gasteiger charge is -2.21. The zero-order valence-corrected chi connectivity index (χ0v) is 20.2. The maximum atomic E-state index is 15.3. The first-order valence-electron chi connectivity index (χ1n) is 11.3. The number of benzene rings is 2. The van der Waals surface area contributed by atoms with Crippen LogP contribution in [0.5, 0.6) is 17.2 Å². The molecule has 13 heteroatoms. The highest BCUT2D eigenvalue weighted by Gasteiger charge is 2.39. The third-order valence-electron chi connectivity index (χ3n) is 5.91. The summed E-state index contributed by atoms with van der Waals surface area (Å²) in [5, 5.41) is 6.64. The van der Waals surface area contributed by atoms with Crippen molar-refractivity contribution in [3.8, 4) is 22.9 Å². The van der Waals surface area contributed by atoms with E-state index < -0.39 is 46.7 Å². The van der Waals surface area contributed by atoms with E-state index >= 15 is 4.39 Å². The van der Waals surface area contributed by atoms with Crippen LogP contribution in [0.1, 0.15) is 35.9 Å². The number of anilines is 1. The number of rotatable bonds is 7. The third kappa shape index (κ3) is 5.11. The van der Waals surface area contributed by atoms with Crippen molar-refractivity contribution >= 4 is 11.6 Å². The van der Waals surface area contributed by atoms with E-state index in [2.05, 4.69) is 10.4 Å². The van der Waals surface area contributed by atoms with Gasteiger partial charge in [0.25, 0.3) is 5.91 Å². The normalized spacial score (nSPS) is 14.0. The second-order valence-corrected chi connectivity index (χ2v) is 8.32. The van der Waals surface area contributed by atoms with Crippen LogP contribution in [0.15, 0.2) is 35.1 Å². The number of nitrogens with one attached hydrogen (secondary N) is 1. The van der Waals surface area contributed by atoms with E-state index in [1.165, 1.54) is 24.9 Å². The monoisotopic (exact) mass is 524 g/mol. The van der Waals surface area contributed by atoms with Gasteiger partial charge in [0.15, 0.2) is 17.6 Å². The summed E-state index contributed by atoms with van der Waals surface area (Å²) in [5.41, 5.74) is -1.48. The Labute approximate surface area is 208 Å². The van der Waals surface area contributed by atoms with Gasteiger partial charge in [0.1, 0.15) is 23.1 Å². The molecule has 1 aliphatic rings. The average molecular weight is 524 g/mol. The highest BCUT2D eigenvalue weighted by molar-refractivity contribution is 6.07. The summed E-state index contributed by atoms with van der Waals surface area (Å²) < 4.78 is 72.9. The number of fused-ring (bicyclic) bond motifs is 1. The van der Waals surface area contributed by atoms with Crippen LogP contribution in [-0.4, -0.2) is 46.8 Å². The predicted octanol–water partition coefficient (Wildman–Crippen LogP) is 4.11. The molecule has 0 saturated carbocycles. The molecular weight excluding hydrogens is 500 g/mol. The molecule has 1 N–H and O–H groups in total. The minimum absolute atomic E-state index is 0.129. The number of halogens is 4. The fourth-order valence-corrected chi connectivity index (χ4v) is 3.97. The van der Waals surface area contributed by atoms with Gasteiger partial charge in [-0.2, -0.15) is 17.9 Å². The van der Waals surface area contributed by atoms with Gasteiger partial charge in [0.2, 0.25) is 0 Å². The molecule has 9 nitrogen and oxygen atoms in total. The molecule has 1 aromatic heterocycles. The van der Waals surface area contributed by atoms with Gasteiger partial charge < -0.3 is 19.5 Å². The molecule has 1 atom stereocenters. The molecule has 0 saturated heterocycles. The van der Waals surface area contributed by atoms with Gasteiger partial charge in [-0.15, -0.1) is 5.10 Å². The van der Waals surface area contributed by atoms with Crippen molar-refractivity contribution in [2.24, 2.45) is 0 Å². The smallest absolute Gasteiger partial charge is 0.425 e. The second-order valence-electron chi connectivity index (χ2n) is 8.32. The van der Waals surface area contributed by atoms with Gasteiger partial charge >= 0.3 is 11.9 Å². The van der Waals surface area contributed by atoms with Crippen molar-refractivity contribution in [2.45, 2.75) is 45.0 Å². The van der Waals surface area contributed by atoms with E-state index in [0.717, 1.165) is 30.5 Å². The van der Waals surface area contributed by atoms with Crippen molar-refractivity contribution in [1.82, 2.24) is 14.3 Å². The molecule has 198 valence electrons. The minimum Gasteiger partial charge on any atom is -0.493 e. The lowest BCUT2D eigenvalue weighted by Crippen LogP contribution is -2.32. The topological polar surface area (TPSA) is 96.6 Å². The van der Waals surface area contributed by atoms with Crippen LogP contribution in [-0.2, 0) is 13.0 Å². The van der Waals surface area contributed by atoms with Gasteiger partial charge in [-0.05, 0) is 38.0 Å². The molecule has 3 aromatic rings. The quantitative estimate of drug-likeness (QED) is 0.468. The Morgan fingerprint density at radius 2 is 1.89 bits per heavy atom. The van der Waals surface area contributed by atoms with Gasteiger partial charge in [-0.3, -0.25) is 9.36 Å². The summed E-state index contributed by atoms with van der Waals surface area (Å²) in [4.78, 5) is 26.0. The molecule has 37 heavy (non-hydrogen) atoms. The molecule has 2 heterocycles. The van der Waals surface area contributed by atoms with Crippen LogP contribution in [0.25, 0.3) is 5.69 Å². The fourth-order valence-electron chi connectivity index (χ4n) is 3.97. The maximum Gasteiger partial charge on any atom is 0.425 e. The zero-order chi connectivity index (χ0) is 26.9. The van der Waals surface area contributed by atoms with Crippen LogP contribution < -0.4 is 25.2 Å². The first-order chi connectivity index (χ1) is 17.5. The number of methoxy groups -OCH3 is 2. The molecule has 0 radical (unpaired) electrons. The molecule has 0 fully saturated rings. The number of carbonyl (C=O) groups excluding carboxylic acids is 1. The molecule has 2 aromatic carbocycles. The van der Waals surface area contributed by atoms with Crippen LogP contribution >= 0.6 is 0 Å². The Morgan fingerprint density at radius 3 is 2.54 bits per heavy atom. The summed E-state index contributed by atoms with van der Waals surface area (Å²) in [7, 11) is 2.72. The standard InChI is InChI=1S/C24H24F4N4O5/c1-13(24(26,27)28)37-19-12-17(32-23(34)31-10-5-4-9-20(31)30-32)15(25)11-14(19)22(33)29-16-7-6-8-18(35-2)21(16)36-3/h6-8,11-13H,4-5,9-10H2,1-3H3,(H,29,33)/t13-/m0/s1. The van der Waals surface area contributed by atoms with E-state index in [0.29, 0.717) is 24.9 Å². The second kappa shape index (κ2) is 10.1. The van der Waals surface area contributed by atoms with Crippen LogP contribution in [0.3, 0.4) is 0 Å². The molecule has 0 bridgehead atoms. The third-order valence-corrected chi connectivity index (χ3v) is 5.91. The van der Waals surface area contributed by atoms with E-state index in [4.69, 9.17) is 14.2 Å². The minimum atomic E-state index is -4.78. The SMILES string of the molecule is COc1cccc(NC(=O)c2cc(F)c(-n3nc4n(c3=O)CCCC4)cc2O[C@@H](C)C(F)(F)F)c1OC. The molecule has 4 rings (SSSR count). The van der Waals surface area contributed by atoms with Gasteiger partial charge in [0, 0.05) is 19.0 Å². The summed E-state index contributed by atoms with van der Waals surface area (Å²) in [6.07, 6.45) is -5.08. The lowest BCUT2D eigenvalue weighted by molar-refractivity contribution is -0.189. The largest absolute Gasteiger partial charge is 0.493 e. The Bertz CT molecular complexity index is 1380. The van der Waals surface area contributed by atoms with Crippen molar-refractivity contribution in [3.05, 3.63) is 58.0 Å². The number of alkyl halides is 3. The van der Waals surface area contributed by atoms with Gasteiger partial charge in [-0.25, -0.2) is 9.18 Å². The van der Waals surface area contributed by atoms with E-state index in [-0.39, 0.29) is 17.2 Å². The lowest BCUT2D eigenvalue weighted by atomic mass is 10.1. The predicted molar refractivity (Wildman–Crippen MR) is 124 cm³/mol. The number of hydrogen-bond acceptors (Lipinski definition) is 6. The van der Waals surface area contributed by atoms with Crippen LogP contribution in [0.4, 0.5) is 23.2 Å². The number of carbonyl (C=O) groups is 1. The van der Waals surface area contributed by atoms with Crippen molar-refractivity contribution < 1.29 is 36.6 Å². The van der Waals surface area contributed by atoms with Gasteiger partial charge in [-0.1, -0.05) is 6.07 Å². The number of nitrogens with zero attached hydrogens (tertiary/aromatic N) is 3. The first kappa shape index (κ1) is 26.0. The summed E-state index contributed by atoms with van der Waals surface area (Å²) in [6.45, 7) is 1.14. The number of para-hydroxylation sites is 1.